The van der Waals surface area contributed by atoms with Crippen LogP contribution in [-0.2, 0) is 4.74 Å². The lowest BCUT2D eigenvalue weighted by Crippen LogP contribution is -2.48. The molecular formula is C16H14O4S. The van der Waals surface area contributed by atoms with Gasteiger partial charge in [-0.2, -0.15) is 0 Å². The summed E-state index contributed by atoms with van der Waals surface area (Å²) < 4.78 is 4.69. The maximum absolute atomic E-state index is 12.8. The quantitative estimate of drug-likeness (QED) is 0.591. The van der Waals surface area contributed by atoms with Crippen LogP contribution in [0.3, 0.4) is 0 Å². The number of allylic oxidation sites excluding steroid dienone is 2. The number of carbonyl (C=O) groups excluding carboxylic acids is 3. The van der Waals surface area contributed by atoms with Crippen LogP contribution >= 0.6 is 11.3 Å². The summed E-state index contributed by atoms with van der Waals surface area (Å²) in [6.45, 7) is 0. The molecule has 21 heavy (non-hydrogen) atoms. The topological polar surface area (TPSA) is 60.4 Å². The molecule has 1 aromatic rings. The van der Waals surface area contributed by atoms with Crippen molar-refractivity contribution in [3.63, 3.8) is 0 Å². The predicted octanol–water partition coefficient (Wildman–Crippen LogP) is 2.74. The van der Waals surface area contributed by atoms with Gasteiger partial charge in [-0.05, 0) is 30.7 Å². The normalized spacial score (nSPS) is 32.8. The van der Waals surface area contributed by atoms with E-state index in [0.29, 0.717) is 15.3 Å². The molecule has 4 unspecified atom stereocenters. The zero-order valence-electron chi connectivity index (χ0n) is 11.5. The van der Waals surface area contributed by atoms with E-state index in [2.05, 4.69) is 12.2 Å². The van der Waals surface area contributed by atoms with E-state index in [9.17, 15) is 14.4 Å². The highest BCUT2D eigenvalue weighted by atomic mass is 32.1. The molecule has 0 saturated heterocycles. The summed E-state index contributed by atoms with van der Waals surface area (Å²) >= 11 is 1.09. The largest absolute Gasteiger partial charge is 0.465 e. The van der Waals surface area contributed by atoms with Crippen molar-refractivity contribution in [2.24, 2.45) is 23.7 Å². The monoisotopic (exact) mass is 302 g/mol. The lowest BCUT2D eigenvalue weighted by molar-refractivity contribution is 0.0524. The Balaban J connectivity index is 1.84. The van der Waals surface area contributed by atoms with Crippen LogP contribution in [0.25, 0.3) is 0 Å². The molecule has 1 aromatic heterocycles. The number of ketones is 2. The molecule has 1 saturated carbocycles. The summed E-state index contributed by atoms with van der Waals surface area (Å²) in [5.74, 6) is -0.529. The Morgan fingerprint density at radius 1 is 1.14 bits per heavy atom. The van der Waals surface area contributed by atoms with Crippen LogP contribution < -0.4 is 0 Å². The van der Waals surface area contributed by atoms with Gasteiger partial charge in [-0.25, -0.2) is 4.79 Å². The van der Waals surface area contributed by atoms with Crippen molar-refractivity contribution < 1.29 is 19.1 Å². The fourth-order valence-corrected chi connectivity index (χ4v) is 5.07. The molecule has 5 heteroatoms. The average Bonchev–Trinajstić information content (AvgIpc) is 2.98. The van der Waals surface area contributed by atoms with Crippen LogP contribution in [-0.4, -0.2) is 24.6 Å². The molecule has 2 bridgehead atoms. The van der Waals surface area contributed by atoms with Gasteiger partial charge in [0.15, 0.2) is 11.6 Å². The number of rotatable bonds is 1. The molecule has 4 atom stereocenters. The number of hydrogen-bond acceptors (Lipinski definition) is 5. The van der Waals surface area contributed by atoms with Crippen molar-refractivity contribution >= 4 is 28.9 Å². The SMILES string of the molecule is COC(=O)c1cc2c(s1)C(=O)C1C3C=CC(CC3)C1C2=O. The molecule has 108 valence electrons. The Bertz CT molecular complexity index is 650. The van der Waals surface area contributed by atoms with Crippen molar-refractivity contribution in [1.29, 1.82) is 0 Å². The molecule has 4 aliphatic rings. The highest BCUT2D eigenvalue weighted by molar-refractivity contribution is 7.16. The summed E-state index contributed by atoms with van der Waals surface area (Å²) in [4.78, 5) is 38.0. The number of carbonyl (C=O) groups is 3. The van der Waals surface area contributed by atoms with Gasteiger partial charge >= 0.3 is 5.97 Å². The Labute approximate surface area is 125 Å². The van der Waals surface area contributed by atoms with Crippen molar-refractivity contribution in [3.8, 4) is 0 Å². The molecule has 0 N–H and O–H groups in total. The first-order valence-electron chi connectivity index (χ1n) is 7.10. The van der Waals surface area contributed by atoms with E-state index in [0.717, 1.165) is 24.2 Å². The Morgan fingerprint density at radius 2 is 1.76 bits per heavy atom. The Morgan fingerprint density at radius 3 is 2.33 bits per heavy atom. The maximum Gasteiger partial charge on any atom is 0.348 e. The number of hydrogen-bond donors (Lipinski definition) is 0. The first-order valence-corrected chi connectivity index (χ1v) is 7.92. The summed E-state index contributed by atoms with van der Waals surface area (Å²) in [5.41, 5.74) is 0.424. The molecular weight excluding hydrogens is 288 g/mol. The average molecular weight is 302 g/mol. The highest BCUT2D eigenvalue weighted by Crippen LogP contribution is 2.51. The number of ether oxygens (including phenoxy) is 1. The fourth-order valence-electron chi connectivity index (χ4n) is 4.00. The number of fused-ring (bicyclic) bond motifs is 2. The van der Waals surface area contributed by atoms with Crippen molar-refractivity contribution in [1.82, 2.24) is 0 Å². The molecule has 5 rings (SSSR count). The van der Waals surface area contributed by atoms with Gasteiger partial charge in [0.25, 0.3) is 0 Å². The minimum absolute atomic E-state index is 0.0278. The summed E-state index contributed by atoms with van der Waals surface area (Å²) in [6, 6.07) is 1.54. The van der Waals surface area contributed by atoms with Gasteiger partial charge in [-0.1, -0.05) is 12.2 Å². The van der Waals surface area contributed by atoms with Crippen LogP contribution in [0, 0.1) is 23.7 Å². The zero-order valence-corrected chi connectivity index (χ0v) is 12.3. The van der Waals surface area contributed by atoms with E-state index in [4.69, 9.17) is 4.74 Å². The summed E-state index contributed by atoms with van der Waals surface area (Å²) in [5, 5.41) is 0. The number of esters is 1. The third-order valence-corrected chi connectivity index (χ3v) is 6.09. The molecule has 1 heterocycles. The van der Waals surface area contributed by atoms with E-state index in [1.54, 1.807) is 0 Å². The second-order valence-corrected chi connectivity index (χ2v) is 6.97. The Hall–Kier alpha value is -1.75. The van der Waals surface area contributed by atoms with E-state index >= 15 is 0 Å². The van der Waals surface area contributed by atoms with E-state index in [1.807, 2.05) is 0 Å². The molecule has 0 spiro atoms. The van der Waals surface area contributed by atoms with Gasteiger partial charge in [0.05, 0.1) is 12.0 Å². The van der Waals surface area contributed by atoms with Crippen molar-refractivity contribution in [2.45, 2.75) is 12.8 Å². The number of methoxy groups -OCH3 is 1. The standard InChI is InChI=1S/C16H14O4S/c1-20-16(19)10-6-9-13(17)11-7-2-4-8(5-3-7)12(11)14(18)15(9)21-10/h2,4,6-8,11-12H,3,5H2,1H3. The van der Waals surface area contributed by atoms with E-state index < -0.39 is 5.97 Å². The van der Waals surface area contributed by atoms with Crippen LogP contribution in [0.5, 0.6) is 0 Å². The van der Waals surface area contributed by atoms with Gasteiger partial charge < -0.3 is 4.74 Å². The van der Waals surface area contributed by atoms with Gasteiger partial charge in [-0.3, -0.25) is 9.59 Å². The maximum atomic E-state index is 12.8. The lowest BCUT2D eigenvalue weighted by atomic mass is 9.57. The van der Waals surface area contributed by atoms with Crippen LogP contribution in [0.1, 0.15) is 42.5 Å². The predicted molar refractivity (Wildman–Crippen MR) is 76.7 cm³/mol. The van der Waals surface area contributed by atoms with E-state index in [1.165, 1.54) is 13.2 Å². The highest BCUT2D eigenvalue weighted by Gasteiger charge is 2.52. The molecule has 0 radical (unpaired) electrons. The second-order valence-electron chi connectivity index (χ2n) is 5.92. The minimum Gasteiger partial charge on any atom is -0.465 e. The first-order chi connectivity index (χ1) is 10.1. The molecule has 0 aromatic carbocycles. The van der Waals surface area contributed by atoms with Gasteiger partial charge in [0.2, 0.25) is 0 Å². The smallest absolute Gasteiger partial charge is 0.348 e. The molecule has 1 fully saturated rings. The summed E-state index contributed by atoms with van der Waals surface area (Å²) in [7, 11) is 1.30. The first kappa shape index (κ1) is 13.0. The van der Waals surface area contributed by atoms with Gasteiger partial charge in [0.1, 0.15) is 4.88 Å². The lowest BCUT2D eigenvalue weighted by Gasteiger charge is -2.45. The second kappa shape index (κ2) is 4.37. The molecule has 4 aliphatic carbocycles. The number of thiophene rings is 1. The molecule has 0 aliphatic heterocycles. The van der Waals surface area contributed by atoms with Crippen LogP contribution in [0.15, 0.2) is 18.2 Å². The van der Waals surface area contributed by atoms with Gasteiger partial charge in [0, 0.05) is 17.4 Å². The third-order valence-electron chi connectivity index (χ3n) is 4.96. The minimum atomic E-state index is -0.487. The third kappa shape index (κ3) is 1.64. The Kier molecular flexibility index (Phi) is 2.70. The van der Waals surface area contributed by atoms with E-state index in [-0.39, 0.29) is 35.2 Å². The van der Waals surface area contributed by atoms with Crippen molar-refractivity contribution in [2.75, 3.05) is 7.11 Å². The van der Waals surface area contributed by atoms with Crippen LogP contribution in [0.4, 0.5) is 0 Å². The van der Waals surface area contributed by atoms with Gasteiger partial charge in [-0.15, -0.1) is 11.3 Å². The molecule has 4 nitrogen and oxygen atoms in total. The van der Waals surface area contributed by atoms with Crippen molar-refractivity contribution in [3.05, 3.63) is 33.5 Å². The zero-order chi connectivity index (χ0) is 14.7. The van der Waals surface area contributed by atoms with Crippen LogP contribution in [0.2, 0.25) is 0 Å². The summed E-state index contributed by atoms with van der Waals surface area (Å²) in [6.07, 6.45) is 6.15. The number of Topliss-reactive ketones (excluding diaryl/α,β-unsaturated/α-hetero) is 2. The fraction of sp³-hybridized carbons (Fsp3) is 0.438. The molecule has 0 amide bonds.